The van der Waals surface area contributed by atoms with Crippen molar-refractivity contribution in [3.63, 3.8) is 0 Å². The number of halogens is 3. The van der Waals surface area contributed by atoms with Crippen molar-refractivity contribution >= 4 is 17.5 Å². The SMILES string of the molecule is CNC(=O)CN(C)c1cc(C(F)(F)F)cc(N)n1. The molecule has 5 nitrogen and oxygen atoms in total. The quantitative estimate of drug-likeness (QED) is 0.847. The van der Waals surface area contributed by atoms with Gasteiger partial charge >= 0.3 is 6.18 Å². The molecule has 1 rings (SSSR count). The van der Waals surface area contributed by atoms with Gasteiger partial charge in [-0.1, -0.05) is 0 Å². The zero-order valence-corrected chi connectivity index (χ0v) is 9.88. The standard InChI is InChI=1S/C10H13F3N4O/c1-15-9(18)5-17(2)8-4-6(10(11,12)13)3-7(14)16-8/h3-4H,5H2,1-2H3,(H2,14,16)(H,15,18). The molecule has 0 unspecified atom stereocenters. The first kappa shape index (κ1) is 14.1. The van der Waals surface area contributed by atoms with E-state index >= 15 is 0 Å². The summed E-state index contributed by atoms with van der Waals surface area (Å²) in [6.07, 6.45) is -4.50. The first-order valence-electron chi connectivity index (χ1n) is 5.00. The van der Waals surface area contributed by atoms with Gasteiger partial charge in [-0.2, -0.15) is 13.2 Å². The van der Waals surface area contributed by atoms with Crippen LogP contribution in [0.5, 0.6) is 0 Å². The van der Waals surface area contributed by atoms with Gasteiger partial charge in [0.15, 0.2) is 0 Å². The van der Waals surface area contributed by atoms with Crippen LogP contribution < -0.4 is 16.0 Å². The van der Waals surface area contributed by atoms with Gasteiger partial charge in [-0.3, -0.25) is 4.79 Å². The summed E-state index contributed by atoms with van der Waals surface area (Å²) in [5, 5.41) is 2.36. The third-order valence-corrected chi connectivity index (χ3v) is 2.21. The van der Waals surface area contributed by atoms with Crippen LogP contribution in [-0.4, -0.2) is 31.5 Å². The number of carbonyl (C=O) groups is 1. The number of likely N-dealkylation sites (N-methyl/N-ethyl adjacent to an activating group) is 2. The van der Waals surface area contributed by atoms with Crippen LogP contribution in [-0.2, 0) is 11.0 Å². The molecule has 1 heterocycles. The molecule has 0 radical (unpaired) electrons. The van der Waals surface area contributed by atoms with Crippen LogP contribution in [0.1, 0.15) is 5.56 Å². The van der Waals surface area contributed by atoms with Crippen molar-refractivity contribution in [2.75, 3.05) is 31.3 Å². The Labute approximate surface area is 102 Å². The summed E-state index contributed by atoms with van der Waals surface area (Å²) in [6, 6.07) is 1.59. The van der Waals surface area contributed by atoms with E-state index in [4.69, 9.17) is 5.73 Å². The minimum Gasteiger partial charge on any atom is -0.384 e. The van der Waals surface area contributed by atoms with E-state index in [1.807, 2.05) is 0 Å². The van der Waals surface area contributed by atoms with Crippen LogP contribution in [0.3, 0.4) is 0 Å². The summed E-state index contributed by atoms with van der Waals surface area (Å²) in [6.45, 7) is -0.107. The maximum atomic E-state index is 12.6. The van der Waals surface area contributed by atoms with Gasteiger partial charge in [0.1, 0.15) is 11.6 Å². The highest BCUT2D eigenvalue weighted by Crippen LogP contribution is 2.31. The maximum Gasteiger partial charge on any atom is 0.416 e. The van der Waals surface area contributed by atoms with Gasteiger partial charge < -0.3 is 16.0 Å². The Balaban J connectivity index is 3.03. The molecule has 0 saturated heterocycles. The second-order valence-electron chi connectivity index (χ2n) is 3.67. The molecule has 0 saturated carbocycles. The van der Waals surface area contributed by atoms with E-state index in [-0.39, 0.29) is 24.1 Å². The lowest BCUT2D eigenvalue weighted by Crippen LogP contribution is -2.33. The molecule has 18 heavy (non-hydrogen) atoms. The maximum absolute atomic E-state index is 12.6. The van der Waals surface area contributed by atoms with E-state index in [9.17, 15) is 18.0 Å². The highest BCUT2D eigenvalue weighted by molar-refractivity contribution is 5.80. The molecule has 100 valence electrons. The van der Waals surface area contributed by atoms with Gasteiger partial charge in [-0.25, -0.2) is 4.98 Å². The highest BCUT2D eigenvalue weighted by atomic mass is 19.4. The molecule has 0 aliphatic heterocycles. The summed E-state index contributed by atoms with van der Waals surface area (Å²) in [7, 11) is 2.89. The van der Waals surface area contributed by atoms with E-state index in [1.165, 1.54) is 19.0 Å². The predicted octanol–water partition coefficient (Wildman–Crippen LogP) is 0.865. The molecule has 0 aliphatic rings. The van der Waals surface area contributed by atoms with Crippen molar-refractivity contribution in [3.05, 3.63) is 17.7 Å². The van der Waals surface area contributed by atoms with Crippen molar-refractivity contribution in [1.29, 1.82) is 0 Å². The van der Waals surface area contributed by atoms with Crippen molar-refractivity contribution in [3.8, 4) is 0 Å². The molecule has 3 N–H and O–H groups in total. The van der Waals surface area contributed by atoms with E-state index in [0.29, 0.717) is 0 Å². The molecule has 0 fully saturated rings. The average molecular weight is 262 g/mol. The average Bonchev–Trinajstić information content (AvgIpc) is 2.26. The van der Waals surface area contributed by atoms with Gasteiger partial charge in [0.05, 0.1) is 12.1 Å². The monoisotopic (exact) mass is 262 g/mol. The Morgan fingerprint density at radius 3 is 2.61 bits per heavy atom. The number of hydrogen-bond donors (Lipinski definition) is 2. The molecular weight excluding hydrogens is 249 g/mol. The minimum atomic E-state index is -4.50. The third-order valence-electron chi connectivity index (χ3n) is 2.21. The molecule has 0 aliphatic carbocycles. The summed E-state index contributed by atoms with van der Waals surface area (Å²) < 4.78 is 37.7. The molecule has 0 atom stereocenters. The number of anilines is 2. The Morgan fingerprint density at radius 2 is 2.11 bits per heavy atom. The molecule has 1 aromatic rings. The Bertz CT molecular complexity index is 447. The zero-order chi connectivity index (χ0) is 13.9. The van der Waals surface area contributed by atoms with Crippen molar-refractivity contribution in [1.82, 2.24) is 10.3 Å². The fourth-order valence-electron chi connectivity index (χ4n) is 1.27. The molecule has 0 aromatic carbocycles. The summed E-state index contributed by atoms with van der Waals surface area (Å²) in [5.74, 6) is -0.593. The van der Waals surface area contributed by atoms with Gasteiger partial charge in [0.25, 0.3) is 0 Å². The summed E-state index contributed by atoms with van der Waals surface area (Å²) >= 11 is 0. The lowest BCUT2D eigenvalue weighted by atomic mass is 10.2. The molecule has 0 bridgehead atoms. The second kappa shape index (κ2) is 5.11. The lowest BCUT2D eigenvalue weighted by Gasteiger charge is -2.19. The Morgan fingerprint density at radius 1 is 1.50 bits per heavy atom. The van der Waals surface area contributed by atoms with Crippen molar-refractivity contribution < 1.29 is 18.0 Å². The van der Waals surface area contributed by atoms with E-state index < -0.39 is 11.7 Å². The number of amides is 1. The molecule has 1 amide bonds. The van der Waals surface area contributed by atoms with E-state index in [2.05, 4.69) is 10.3 Å². The number of nitrogen functional groups attached to an aromatic ring is 1. The summed E-state index contributed by atoms with van der Waals surface area (Å²) in [4.78, 5) is 16.2. The normalized spacial score (nSPS) is 11.2. The number of nitrogens with two attached hydrogens (primary N) is 1. The van der Waals surface area contributed by atoms with Crippen molar-refractivity contribution in [2.45, 2.75) is 6.18 Å². The first-order chi connectivity index (χ1) is 8.24. The van der Waals surface area contributed by atoms with Crippen LogP contribution in [0, 0.1) is 0 Å². The van der Waals surface area contributed by atoms with Crippen LogP contribution in [0.15, 0.2) is 12.1 Å². The third kappa shape index (κ3) is 3.51. The van der Waals surface area contributed by atoms with E-state index in [0.717, 1.165) is 12.1 Å². The number of rotatable bonds is 3. The number of pyridine rings is 1. The fraction of sp³-hybridized carbons (Fsp3) is 0.400. The highest BCUT2D eigenvalue weighted by Gasteiger charge is 2.31. The van der Waals surface area contributed by atoms with Crippen LogP contribution >= 0.6 is 0 Å². The smallest absolute Gasteiger partial charge is 0.384 e. The van der Waals surface area contributed by atoms with Gasteiger partial charge in [0, 0.05) is 14.1 Å². The number of carbonyl (C=O) groups excluding carboxylic acids is 1. The first-order valence-corrected chi connectivity index (χ1v) is 5.00. The predicted molar refractivity (Wildman–Crippen MR) is 61.0 cm³/mol. The molecule has 1 aromatic heterocycles. The van der Waals surface area contributed by atoms with Crippen LogP contribution in [0.25, 0.3) is 0 Å². The molecular formula is C10H13F3N4O. The van der Waals surface area contributed by atoms with Gasteiger partial charge in [0.2, 0.25) is 5.91 Å². The van der Waals surface area contributed by atoms with Crippen LogP contribution in [0.4, 0.5) is 24.8 Å². The second-order valence-corrected chi connectivity index (χ2v) is 3.67. The molecule has 8 heteroatoms. The van der Waals surface area contributed by atoms with Gasteiger partial charge in [-0.15, -0.1) is 0 Å². The Kier molecular flexibility index (Phi) is 4.00. The zero-order valence-electron chi connectivity index (χ0n) is 9.88. The van der Waals surface area contributed by atoms with Crippen LogP contribution in [0.2, 0.25) is 0 Å². The fourth-order valence-corrected chi connectivity index (χ4v) is 1.27. The number of nitrogens with zero attached hydrogens (tertiary/aromatic N) is 2. The van der Waals surface area contributed by atoms with Gasteiger partial charge in [-0.05, 0) is 12.1 Å². The van der Waals surface area contributed by atoms with Crippen molar-refractivity contribution in [2.24, 2.45) is 0 Å². The number of alkyl halides is 3. The largest absolute Gasteiger partial charge is 0.416 e. The number of aromatic nitrogens is 1. The number of hydrogen-bond acceptors (Lipinski definition) is 4. The molecule has 0 spiro atoms. The summed E-state index contributed by atoms with van der Waals surface area (Å²) in [5.41, 5.74) is 4.42. The van der Waals surface area contributed by atoms with E-state index in [1.54, 1.807) is 0 Å². The number of nitrogens with one attached hydrogen (secondary N) is 1. The minimum absolute atomic E-state index is 0.00840. The lowest BCUT2D eigenvalue weighted by molar-refractivity contribution is -0.137. The Hall–Kier alpha value is -1.99. The topological polar surface area (TPSA) is 71.2 Å².